The van der Waals surface area contributed by atoms with E-state index in [9.17, 15) is 0 Å². The Kier molecular flexibility index (Phi) is 4.41. The van der Waals surface area contributed by atoms with Crippen LogP contribution in [-0.4, -0.2) is 0 Å². The molecule has 0 heterocycles. The smallest absolute Gasteiger partial charge is 0.0488 e. The van der Waals surface area contributed by atoms with Gasteiger partial charge < -0.3 is 0 Å². The van der Waals surface area contributed by atoms with Crippen molar-refractivity contribution >= 4 is 0 Å². The van der Waals surface area contributed by atoms with Crippen LogP contribution >= 0.6 is 0 Å². The zero-order valence-corrected chi connectivity index (χ0v) is 11.8. The Labute approximate surface area is 111 Å². The molecule has 100 valence electrons. The maximum atomic E-state index is 5.78. The molecular weight excluding hydrogens is 220 g/mol. The fourth-order valence-electron chi connectivity index (χ4n) is 3.15. The predicted octanol–water partition coefficient (Wildman–Crippen LogP) is 3.75. The molecule has 2 rings (SSSR count). The van der Waals surface area contributed by atoms with Crippen molar-refractivity contribution in [3.63, 3.8) is 0 Å². The topological polar surface area (TPSA) is 38.0 Å². The van der Waals surface area contributed by atoms with Crippen LogP contribution in [0, 0.1) is 11.8 Å². The summed E-state index contributed by atoms with van der Waals surface area (Å²) in [7, 11) is 0. The van der Waals surface area contributed by atoms with E-state index in [4.69, 9.17) is 5.84 Å². The molecule has 0 spiro atoms. The van der Waals surface area contributed by atoms with E-state index in [1.807, 2.05) is 0 Å². The zero-order valence-electron chi connectivity index (χ0n) is 11.8. The molecule has 0 aliphatic heterocycles. The third kappa shape index (κ3) is 2.93. The molecule has 1 aliphatic carbocycles. The fraction of sp³-hybridized carbons (Fsp3) is 0.625. The van der Waals surface area contributed by atoms with Gasteiger partial charge in [-0.25, -0.2) is 0 Å². The second kappa shape index (κ2) is 5.85. The molecular formula is C16H26N2. The Morgan fingerprint density at radius 1 is 1.11 bits per heavy atom. The quantitative estimate of drug-likeness (QED) is 0.627. The first-order valence-corrected chi connectivity index (χ1v) is 7.17. The van der Waals surface area contributed by atoms with Crippen molar-refractivity contribution in [1.82, 2.24) is 5.43 Å². The minimum Gasteiger partial charge on any atom is -0.271 e. The summed E-state index contributed by atoms with van der Waals surface area (Å²) >= 11 is 0. The third-order valence-electron chi connectivity index (χ3n) is 4.35. The van der Waals surface area contributed by atoms with Gasteiger partial charge in [-0.05, 0) is 41.7 Å². The van der Waals surface area contributed by atoms with Crippen LogP contribution in [0.4, 0.5) is 0 Å². The minimum atomic E-state index is 0.316. The van der Waals surface area contributed by atoms with Crippen molar-refractivity contribution in [3.05, 3.63) is 35.4 Å². The van der Waals surface area contributed by atoms with Crippen molar-refractivity contribution in [2.24, 2.45) is 17.7 Å². The van der Waals surface area contributed by atoms with Crippen molar-refractivity contribution in [1.29, 1.82) is 0 Å². The molecule has 0 saturated heterocycles. The van der Waals surface area contributed by atoms with Gasteiger partial charge in [0.2, 0.25) is 0 Å². The molecule has 1 aromatic carbocycles. The van der Waals surface area contributed by atoms with Gasteiger partial charge in [0.1, 0.15) is 0 Å². The summed E-state index contributed by atoms with van der Waals surface area (Å²) in [5, 5.41) is 0. The zero-order chi connectivity index (χ0) is 13.1. The summed E-state index contributed by atoms with van der Waals surface area (Å²) < 4.78 is 0. The second-order valence-corrected chi connectivity index (χ2v) is 6.14. The summed E-state index contributed by atoms with van der Waals surface area (Å²) in [5.74, 6) is 7.91. The summed E-state index contributed by atoms with van der Waals surface area (Å²) in [6, 6.07) is 9.27. The average molecular weight is 246 g/mol. The Bertz CT molecular complexity index is 369. The monoisotopic (exact) mass is 246 g/mol. The first-order valence-electron chi connectivity index (χ1n) is 7.17. The van der Waals surface area contributed by atoms with Crippen molar-refractivity contribution in [3.8, 4) is 0 Å². The highest BCUT2D eigenvalue weighted by molar-refractivity contribution is 5.27. The molecule has 0 radical (unpaired) electrons. The lowest BCUT2D eigenvalue weighted by Crippen LogP contribution is -2.32. The molecule has 2 nitrogen and oxygen atoms in total. The summed E-state index contributed by atoms with van der Waals surface area (Å²) in [5.41, 5.74) is 5.76. The lowest BCUT2D eigenvalue weighted by molar-refractivity contribution is 0.364. The molecule has 1 saturated carbocycles. The maximum absolute atomic E-state index is 5.78. The van der Waals surface area contributed by atoms with Crippen LogP contribution in [0.5, 0.6) is 0 Å². The predicted molar refractivity (Wildman–Crippen MR) is 77.1 cm³/mol. The highest BCUT2D eigenvalue weighted by atomic mass is 15.2. The van der Waals surface area contributed by atoms with Gasteiger partial charge in [-0.1, -0.05) is 51.5 Å². The number of hydrogen-bond acceptors (Lipinski definition) is 2. The van der Waals surface area contributed by atoms with E-state index >= 15 is 0 Å². The summed E-state index contributed by atoms with van der Waals surface area (Å²) in [6.45, 7) is 6.80. The number of hydrogen-bond donors (Lipinski definition) is 2. The van der Waals surface area contributed by atoms with Crippen LogP contribution in [0.25, 0.3) is 0 Å². The van der Waals surface area contributed by atoms with E-state index in [-0.39, 0.29) is 0 Å². The summed E-state index contributed by atoms with van der Waals surface area (Å²) in [4.78, 5) is 0. The van der Waals surface area contributed by atoms with Gasteiger partial charge >= 0.3 is 0 Å². The van der Waals surface area contributed by atoms with Crippen LogP contribution in [-0.2, 0) is 0 Å². The largest absolute Gasteiger partial charge is 0.271 e. The van der Waals surface area contributed by atoms with Crippen molar-refractivity contribution in [2.45, 2.75) is 52.0 Å². The van der Waals surface area contributed by atoms with Gasteiger partial charge in [0.15, 0.2) is 0 Å². The number of benzene rings is 1. The number of hydrazine groups is 1. The molecule has 0 bridgehead atoms. The molecule has 1 fully saturated rings. The van der Waals surface area contributed by atoms with Gasteiger partial charge in [0.05, 0.1) is 0 Å². The lowest BCUT2D eigenvalue weighted by atomic mass is 9.90. The summed E-state index contributed by atoms with van der Waals surface area (Å²) in [6.07, 6.45) is 3.93. The first-order chi connectivity index (χ1) is 8.61. The number of nitrogens with two attached hydrogens (primary N) is 1. The Morgan fingerprint density at radius 3 is 2.17 bits per heavy atom. The van der Waals surface area contributed by atoms with Gasteiger partial charge in [0, 0.05) is 6.04 Å². The molecule has 3 N–H and O–H groups in total. The van der Waals surface area contributed by atoms with Crippen LogP contribution in [0.3, 0.4) is 0 Å². The van der Waals surface area contributed by atoms with E-state index in [0.717, 1.165) is 5.92 Å². The number of nitrogens with one attached hydrogen (secondary N) is 1. The standard InChI is InChI=1S/C16H26N2/c1-11(2)13-6-8-14(9-7-13)16(18-17)15-5-4-12(3)10-15/h6-9,11-12,15-16,18H,4-5,10,17H2,1-3H3. The Morgan fingerprint density at radius 2 is 1.72 bits per heavy atom. The van der Waals surface area contributed by atoms with Gasteiger partial charge in [0.25, 0.3) is 0 Å². The van der Waals surface area contributed by atoms with Gasteiger partial charge in [-0.15, -0.1) is 0 Å². The van der Waals surface area contributed by atoms with Crippen LogP contribution in [0.2, 0.25) is 0 Å². The first kappa shape index (κ1) is 13.6. The molecule has 0 amide bonds. The second-order valence-electron chi connectivity index (χ2n) is 6.14. The van der Waals surface area contributed by atoms with Crippen molar-refractivity contribution < 1.29 is 0 Å². The van der Waals surface area contributed by atoms with Gasteiger partial charge in [-0.2, -0.15) is 0 Å². The Hall–Kier alpha value is -0.860. The molecule has 0 aromatic heterocycles. The van der Waals surface area contributed by atoms with Crippen molar-refractivity contribution in [2.75, 3.05) is 0 Å². The lowest BCUT2D eigenvalue weighted by Gasteiger charge is -2.23. The fourth-order valence-corrected chi connectivity index (χ4v) is 3.15. The molecule has 2 heteroatoms. The average Bonchev–Trinajstić information content (AvgIpc) is 2.77. The van der Waals surface area contributed by atoms with E-state index < -0.39 is 0 Å². The van der Waals surface area contributed by atoms with E-state index in [0.29, 0.717) is 17.9 Å². The molecule has 3 unspecified atom stereocenters. The third-order valence-corrected chi connectivity index (χ3v) is 4.35. The van der Waals surface area contributed by atoms with E-state index in [2.05, 4.69) is 50.5 Å². The van der Waals surface area contributed by atoms with Crippen LogP contribution in [0.1, 0.15) is 63.1 Å². The molecule has 1 aliphatic rings. The minimum absolute atomic E-state index is 0.316. The maximum Gasteiger partial charge on any atom is 0.0488 e. The Balaban J connectivity index is 2.12. The SMILES string of the molecule is CC1CCC(C(NN)c2ccc(C(C)C)cc2)C1. The number of rotatable bonds is 4. The normalized spacial score (nSPS) is 25.6. The van der Waals surface area contributed by atoms with Gasteiger partial charge in [-0.3, -0.25) is 11.3 Å². The van der Waals surface area contributed by atoms with E-state index in [1.165, 1.54) is 30.4 Å². The highest BCUT2D eigenvalue weighted by Crippen LogP contribution is 2.38. The molecule has 3 atom stereocenters. The highest BCUT2D eigenvalue weighted by Gasteiger charge is 2.29. The molecule has 1 aromatic rings. The van der Waals surface area contributed by atoms with Crippen LogP contribution < -0.4 is 11.3 Å². The van der Waals surface area contributed by atoms with Crippen LogP contribution in [0.15, 0.2) is 24.3 Å². The van der Waals surface area contributed by atoms with E-state index in [1.54, 1.807) is 0 Å². The molecule has 18 heavy (non-hydrogen) atoms.